The van der Waals surface area contributed by atoms with Crippen molar-refractivity contribution in [2.45, 2.75) is 26.3 Å². The van der Waals surface area contributed by atoms with Gasteiger partial charge in [0, 0.05) is 5.54 Å². The van der Waals surface area contributed by atoms with Gasteiger partial charge in [0.25, 0.3) is 0 Å². The zero-order valence-corrected chi connectivity index (χ0v) is 10.7. The molecule has 1 aromatic rings. The van der Waals surface area contributed by atoms with Crippen LogP contribution in [0.3, 0.4) is 0 Å². The van der Waals surface area contributed by atoms with Crippen LogP contribution in [0, 0.1) is 5.92 Å². The van der Waals surface area contributed by atoms with Gasteiger partial charge in [0.05, 0.1) is 14.2 Å². The second kappa shape index (κ2) is 4.74. The van der Waals surface area contributed by atoms with Gasteiger partial charge in [0.15, 0.2) is 11.5 Å². The van der Waals surface area contributed by atoms with E-state index >= 15 is 0 Å². The van der Waals surface area contributed by atoms with E-state index in [9.17, 15) is 0 Å². The van der Waals surface area contributed by atoms with E-state index in [0.29, 0.717) is 5.92 Å². The van der Waals surface area contributed by atoms with Crippen molar-refractivity contribution < 1.29 is 9.47 Å². The average molecular weight is 223 g/mol. The Bertz CT molecular complexity index is 359. The molecule has 0 aliphatic heterocycles. The minimum absolute atomic E-state index is 0.352. The number of methoxy groups -OCH3 is 2. The van der Waals surface area contributed by atoms with Crippen molar-refractivity contribution in [3.8, 4) is 11.5 Å². The molecule has 0 fully saturated rings. The Kier molecular flexibility index (Phi) is 3.81. The van der Waals surface area contributed by atoms with E-state index in [4.69, 9.17) is 15.2 Å². The Labute approximate surface area is 97.6 Å². The summed E-state index contributed by atoms with van der Waals surface area (Å²) >= 11 is 0. The Morgan fingerprint density at radius 1 is 1.12 bits per heavy atom. The van der Waals surface area contributed by atoms with Crippen molar-refractivity contribution in [2.24, 2.45) is 11.7 Å². The van der Waals surface area contributed by atoms with Gasteiger partial charge < -0.3 is 15.2 Å². The fourth-order valence-corrected chi connectivity index (χ4v) is 1.50. The topological polar surface area (TPSA) is 44.5 Å². The van der Waals surface area contributed by atoms with Gasteiger partial charge >= 0.3 is 0 Å². The molecule has 1 unspecified atom stereocenters. The number of nitrogens with two attached hydrogens (primary N) is 1. The average Bonchev–Trinajstić information content (AvgIpc) is 2.27. The van der Waals surface area contributed by atoms with Crippen LogP contribution in [0.4, 0.5) is 0 Å². The highest BCUT2D eigenvalue weighted by Crippen LogP contribution is 2.34. The molecule has 2 N–H and O–H groups in total. The lowest BCUT2D eigenvalue weighted by Crippen LogP contribution is -2.38. The van der Waals surface area contributed by atoms with Crippen LogP contribution in [-0.4, -0.2) is 14.2 Å². The summed E-state index contributed by atoms with van der Waals surface area (Å²) < 4.78 is 10.5. The summed E-state index contributed by atoms with van der Waals surface area (Å²) in [6.45, 7) is 6.24. The van der Waals surface area contributed by atoms with Crippen LogP contribution >= 0.6 is 0 Å². The third-order valence-corrected chi connectivity index (χ3v) is 3.20. The first-order valence-corrected chi connectivity index (χ1v) is 5.44. The lowest BCUT2D eigenvalue weighted by Gasteiger charge is -2.30. The van der Waals surface area contributed by atoms with E-state index < -0.39 is 0 Å². The first kappa shape index (κ1) is 12.8. The zero-order chi connectivity index (χ0) is 12.3. The molecule has 1 atom stereocenters. The molecule has 0 heterocycles. The smallest absolute Gasteiger partial charge is 0.161 e. The summed E-state index contributed by atoms with van der Waals surface area (Å²) in [5.74, 6) is 1.80. The molecule has 0 saturated carbocycles. The molecule has 3 heteroatoms. The van der Waals surface area contributed by atoms with Crippen LogP contribution in [0.1, 0.15) is 26.3 Å². The second-order valence-electron chi connectivity index (χ2n) is 4.51. The summed E-state index contributed by atoms with van der Waals surface area (Å²) in [7, 11) is 3.26. The predicted octanol–water partition coefficient (Wildman–Crippen LogP) is 2.53. The fourth-order valence-electron chi connectivity index (χ4n) is 1.50. The Morgan fingerprint density at radius 2 is 1.69 bits per heavy atom. The Hall–Kier alpha value is -1.22. The molecule has 0 aromatic heterocycles. The summed E-state index contributed by atoms with van der Waals surface area (Å²) in [5, 5.41) is 0. The van der Waals surface area contributed by atoms with Gasteiger partial charge in [-0.05, 0) is 30.5 Å². The van der Waals surface area contributed by atoms with Gasteiger partial charge in [-0.25, -0.2) is 0 Å². The monoisotopic (exact) mass is 223 g/mol. The first-order valence-electron chi connectivity index (χ1n) is 5.44. The number of ether oxygens (including phenoxy) is 2. The van der Waals surface area contributed by atoms with Crippen molar-refractivity contribution in [3.05, 3.63) is 23.8 Å². The molecule has 0 bridgehead atoms. The van der Waals surface area contributed by atoms with E-state index in [0.717, 1.165) is 17.1 Å². The van der Waals surface area contributed by atoms with E-state index in [2.05, 4.69) is 13.8 Å². The van der Waals surface area contributed by atoms with E-state index in [1.54, 1.807) is 14.2 Å². The number of hydrogen-bond donors (Lipinski definition) is 1. The number of rotatable bonds is 4. The molecule has 90 valence electrons. The van der Waals surface area contributed by atoms with Crippen LogP contribution < -0.4 is 15.2 Å². The van der Waals surface area contributed by atoms with E-state index in [-0.39, 0.29) is 5.54 Å². The molecule has 1 aromatic carbocycles. The normalized spacial score (nSPS) is 14.7. The van der Waals surface area contributed by atoms with Crippen LogP contribution in [0.15, 0.2) is 18.2 Å². The van der Waals surface area contributed by atoms with Crippen LogP contribution in [0.5, 0.6) is 11.5 Å². The van der Waals surface area contributed by atoms with Crippen LogP contribution in [0.25, 0.3) is 0 Å². The largest absolute Gasteiger partial charge is 0.493 e. The minimum atomic E-state index is -0.362. The van der Waals surface area contributed by atoms with Crippen molar-refractivity contribution in [1.29, 1.82) is 0 Å². The van der Waals surface area contributed by atoms with E-state index in [1.807, 2.05) is 25.1 Å². The highest BCUT2D eigenvalue weighted by Gasteiger charge is 2.26. The molecule has 0 saturated heterocycles. The quantitative estimate of drug-likeness (QED) is 0.853. The molecule has 0 radical (unpaired) electrons. The molecule has 16 heavy (non-hydrogen) atoms. The summed E-state index contributed by atoms with van der Waals surface area (Å²) in [5.41, 5.74) is 6.99. The molecule has 0 amide bonds. The van der Waals surface area contributed by atoms with Gasteiger partial charge in [-0.15, -0.1) is 0 Å². The highest BCUT2D eigenvalue weighted by atomic mass is 16.5. The van der Waals surface area contributed by atoms with Crippen LogP contribution in [0.2, 0.25) is 0 Å². The van der Waals surface area contributed by atoms with Crippen molar-refractivity contribution in [3.63, 3.8) is 0 Å². The molecule has 0 spiro atoms. The molecule has 0 aliphatic carbocycles. The lowest BCUT2D eigenvalue weighted by atomic mass is 9.82. The van der Waals surface area contributed by atoms with Crippen molar-refractivity contribution >= 4 is 0 Å². The van der Waals surface area contributed by atoms with Crippen molar-refractivity contribution in [2.75, 3.05) is 14.2 Å². The lowest BCUT2D eigenvalue weighted by molar-refractivity contribution is 0.337. The Balaban J connectivity index is 3.17. The number of benzene rings is 1. The van der Waals surface area contributed by atoms with Crippen molar-refractivity contribution in [1.82, 2.24) is 0 Å². The predicted molar refractivity (Wildman–Crippen MR) is 65.9 cm³/mol. The molecular formula is C13H21NO2. The maximum Gasteiger partial charge on any atom is 0.161 e. The van der Waals surface area contributed by atoms with Gasteiger partial charge in [0.1, 0.15) is 0 Å². The third-order valence-electron chi connectivity index (χ3n) is 3.20. The standard InChI is InChI=1S/C13H21NO2/c1-9(2)13(3,14)10-6-7-11(15-4)12(8-10)16-5/h6-9H,14H2,1-5H3. The van der Waals surface area contributed by atoms with Gasteiger partial charge in [-0.2, -0.15) is 0 Å². The minimum Gasteiger partial charge on any atom is -0.493 e. The van der Waals surface area contributed by atoms with E-state index in [1.165, 1.54) is 0 Å². The molecule has 0 aliphatic rings. The number of hydrogen-bond acceptors (Lipinski definition) is 3. The zero-order valence-electron chi connectivity index (χ0n) is 10.7. The highest BCUT2D eigenvalue weighted by molar-refractivity contribution is 5.44. The SMILES string of the molecule is COc1ccc(C(C)(N)C(C)C)cc1OC. The molecule has 1 rings (SSSR count). The second-order valence-corrected chi connectivity index (χ2v) is 4.51. The van der Waals surface area contributed by atoms with Gasteiger partial charge in [-0.3, -0.25) is 0 Å². The maximum atomic E-state index is 6.30. The Morgan fingerprint density at radius 3 is 2.12 bits per heavy atom. The first-order chi connectivity index (χ1) is 7.43. The third kappa shape index (κ3) is 2.30. The summed E-state index contributed by atoms with van der Waals surface area (Å²) in [6.07, 6.45) is 0. The van der Waals surface area contributed by atoms with Gasteiger partial charge in [0.2, 0.25) is 0 Å². The summed E-state index contributed by atoms with van der Waals surface area (Å²) in [6, 6.07) is 5.82. The molecular weight excluding hydrogens is 202 g/mol. The van der Waals surface area contributed by atoms with Gasteiger partial charge in [-0.1, -0.05) is 19.9 Å². The molecule has 3 nitrogen and oxygen atoms in total. The maximum absolute atomic E-state index is 6.30. The summed E-state index contributed by atoms with van der Waals surface area (Å²) in [4.78, 5) is 0. The van der Waals surface area contributed by atoms with Crippen LogP contribution in [-0.2, 0) is 5.54 Å². The fraction of sp³-hybridized carbons (Fsp3) is 0.538.